The summed E-state index contributed by atoms with van der Waals surface area (Å²) in [5.41, 5.74) is 10.3. The molecule has 2 aromatic carbocycles. The summed E-state index contributed by atoms with van der Waals surface area (Å²) in [6, 6.07) is 19.4. The van der Waals surface area contributed by atoms with Crippen LogP contribution in [0.1, 0.15) is 35.1 Å². The fraction of sp³-hybridized carbons (Fsp3) is 0.200. The first-order valence-electron chi connectivity index (χ1n) is 5.75. The predicted octanol–water partition coefficient (Wildman–Crippen LogP) is 3.22. The van der Waals surface area contributed by atoms with E-state index in [1.165, 1.54) is 16.7 Å². The van der Waals surface area contributed by atoms with Gasteiger partial charge >= 0.3 is 0 Å². The van der Waals surface area contributed by atoms with Gasteiger partial charge in [0.05, 0.1) is 0 Å². The lowest BCUT2D eigenvalue weighted by Gasteiger charge is -2.11. The molecule has 1 aliphatic rings. The molecule has 0 aliphatic heterocycles. The topological polar surface area (TPSA) is 26.0 Å². The van der Waals surface area contributed by atoms with Crippen molar-refractivity contribution in [1.29, 1.82) is 0 Å². The van der Waals surface area contributed by atoms with Gasteiger partial charge in [0.1, 0.15) is 0 Å². The van der Waals surface area contributed by atoms with Crippen LogP contribution < -0.4 is 5.73 Å². The second-order valence-electron chi connectivity index (χ2n) is 4.43. The Balaban J connectivity index is 2.07. The van der Waals surface area contributed by atoms with E-state index < -0.39 is 0 Å². The first-order valence-corrected chi connectivity index (χ1v) is 5.75. The van der Waals surface area contributed by atoms with Crippen molar-refractivity contribution in [2.75, 3.05) is 0 Å². The van der Waals surface area contributed by atoms with E-state index in [2.05, 4.69) is 54.6 Å². The van der Waals surface area contributed by atoms with E-state index in [0.29, 0.717) is 5.92 Å². The number of fused-ring (bicyclic) bond motifs is 1. The van der Waals surface area contributed by atoms with Crippen LogP contribution in [0.4, 0.5) is 0 Å². The minimum Gasteiger partial charge on any atom is -0.324 e. The van der Waals surface area contributed by atoms with Crippen LogP contribution in [-0.4, -0.2) is 0 Å². The number of rotatable bonds is 1. The second kappa shape index (κ2) is 3.76. The highest BCUT2D eigenvalue weighted by Crippen LogP contribution is 2.42. The average Bonchev–Trinajstić information content (AvgIpc) is 2.69. The zero-order valence-corrected chi connectivity index (χ0v) is 9.14. The Bertz CT molecular complexity index is 490. The van der Waals surface area contributed by atoms with E-state index in [4.69, 9.17) is 5.73 Å². The molecule has 2 N–H and O–H groups in total. The highest BCUT2D eigenvalue weighted by atomic mass is 14.7. The quantitative estimate of drug-likeness (QED) is 0.766. The Morgan fingerprint density at radius 3 is 2.19 bits per heavy atom. The van der Waals surface area contributed by atoms with Crippen LogP contribution in [0.25, 0.3) is 0 Å². The molecule has 0 aromatic heterocycles. The summed E-state index contributed by atoms with van der Waals surface area (Å²) >= 11 is 0. The van der Waals surface area contributed by atoms with Gasteiger partial charge in [-0.05, 0) is 23.1 Å². The Morgan fingerprint density at radius 2 is 1.44 bits per heavy atom. The van der Waals surface area contributed by atoms with Crippen molar-refractivity contribution in [3.8, 4) is 0 Å². The van der Waals surface area contributed by atoms with Crippen molar-refractivity contribution in [3.05, 3.63) is 71.3 Å². The van der Waals surface area contributed by atoms with Gasteiger partial charge in [-0.3, -0.25) is 0 Å². The summed E-state index contributed by atoms with van der Waals surface area (Å²) in [5.74, 6) is 0.479. The molecule has 0 fully saturated rings. The Kier molecular flexibility index (Phi) is 2.26. The third-order valence-electron chi connectivity index (χ3n) is 3.46. The first kappa shape index (κ1) is 9.61. The van der Waals surface area contributed by atoms with Crippen molar-refractivity contribution < 1.29 is 0 Å². The molecular weight excluding hydrogens is 194 g/mol. The normalized spacial score (nSPS) is 23.1. The molecule has 0 heterocycles. The molecule has 0 spiro atoms. The zero-order valence-electron chi connectivity index (χ0n) is 9.14. The number of hydrogen-bond donors (Lipinski definition) is 1. The van der Waals surface area contributed by atoms with Crippen LogP contribution in [0.15, 0.2) is 54.6 Å². The van der Waals surface area contributed by atoms with E-state index >= 15 is 0 Å². The Hall–Kier alpha value is -1.60. The molecule has 3 rings (SSSR count). The summed E-state index contributed by atoms with van der Waals surface area (Å²) < 4.78 is 0. The summed E-state index contributed by atoms with van der Waals surface area (Å²) in [5, 5.41) is 0. The van der Waals surface area contributed by atoms with Gasteiger partial charge in [0.25, 0.3) is 0 Å². The lowest BCUT2D eigenvalue weighted by molar-refractivity contribution is 0.662. The minimum atomic E-state index is 0.196. The smallest absolute Gasteiger partial charge is 0.0306 e. The molecule has 1 nitrogen and oxygen atoms in total. The highest BCUT2D eigenvalue weighted by Gasteiger charge is 2.28. The molecule has 0 radical (unpaired) electrons. The van der Waals surface area contributed by atoms with Gasteiger partial charge in [-0.25, -0.2) is 0 Å². The molecule has 0 bridgehead atoms. The number of benzene rings is 2. The number of hydrogen-bond acceptors (Lipinski definition) is 1. The maximum atomic E-state index is 6.17. The molecule has 16 heavy (non-hydrogen) atoms. The van der Waals surface area contributed by atoms with E-state index in [0.717, 1.165) is 6.42 Å². The van der Waals surface area contributed by atoms with Crippen molar-refractivity contribution in [2.24, 2.45) is 5.73 Å². The highest BCUT2D eigenvalue weighted by molar-refractivity contribution is 5.44. The van der Waals surface area contributed by atoms with Crippen LogP contribution in [0.5, 0.6) is 0 Å². The van der Waals surface area contributed by atoms with Gasteiger partial charge in [-0.2, -0.15) is 0 Å². The van der Waals surface area contributed by atoms with E-state index in [9.17, 15) is 0 Å². The lowest BCUT2D eigenvalue weighted by Crippen LogP contribution is -2.05. The predicted molar refractivity (Wildman–Crippen MR) is 66.3 cm³/mol. The van der Waals surface area contributed by atoms with E-state index in [1.807, 2.05) is 0 Å². The molecule has 1 aliphatic carbocycles. The molecule has 1 heteroatoms. The van der Waals surface area contributed by atoms with Crippen molar-refractivity contribution in [3.63, 3.8) is 0 Å². The summed E-state index contributed by atoms with van der Waals surface area (Å²) in [4.78, 5) is 0. The fourth-order valence-corrected chi connectivity index (χ4v) is 2.67. The summed E-state index contributed by atoms with van der Waals surface area (Å²) in [6.07, 6.45) is 1.03. The molecule has 2 aromatic rings. The molecule has 0 saturated heterocycles. The standard InChI is InChI=1S/C15H15N/c16-15-10-14(11-6-2-1-3-7-11)12-8-4-5-9-13(12)15/h1-9,14-15H,10,16H2/t14-,15+/m1/s1. The van der Waals surface area contributed by atoms with Crippen molar-refractivity contribution >= 4 is 0 Å². The maximum Gasteiger partial charge on any atom is 0.0306 e. The van der Waals surface area contributed by atoms with Crippen molar-refractivity contribution in [1.82, 2.24) is 0 Å². The molecule has 0 saturated carbocycles. The van der Waals surface area contributed by atoms with Crippen LogP contribution in [0.2, 0.25) is 0 Å². The van der Waals surface area contributed by atoms with Gasteiger partial charge in [-0.1, -0.05) is 54.6 Å². The van der Waals surface area contributed by atoms with Gasteiger partial charge in [0, 0.05) is 12.0 Å². The van der Waals surface area contributed by atoms with Gasteiger partial charge in [0.2, 0.25) is 0 Å². The lowest BCUT2D eigenvalue weighted by atomic mass is 9.93. The second-order valence-corrected chi connectivity index (χ2v) is 4.43. The third-order valence-corrected chi connectivity index (χ3v) is 3.46. The molecule has 0 unspecified atom stereocenters. The molecule has 2 atom stereocenters. The SMILES string of the molecule is N[C@H]1C[C@H](c2ccccc2)c2ccccc21. The fourth-order valence-electron chi connectivity index (χ4n) is 2.67. The Labute approximate surface area is 95.9 Å². The monoisotopic (exact) mass is 209 g/mol. The van der Waals surface area contributed by atoms with E-state index in [-0.39, 0.29) is 6.04 Å². The van der Waals surface area contributed by atoms with Crippen molar-refractivity contribution in [2.45, 2.75) is 18.4 Å². The van der Waals surface area contributed by atoms with Crippen LogP contribution in [-0.2, 0) is 0 Å². The van der Waals surface area contributed by atoms with Gasteiger partial charge in [0.15, 0.2) is 0 Å². The average molecular weight is 209 g/mol. The minimum absolute atomic E-state index is 0.196. The van der Waals surface area contributed by atoms with Gasteiger partial charge < -0.3 is 5.73 Å². The van der Waals surface area contributed by atoms with Gasteiger partial charge in [-0.15, -0.1) is 0 Å². The zero-order chi connectivity index (χ0) is 11.0. The van der Waals surface area contributed by atoms with Crippen LogP contribution in [0, 0.1) is 0 Å². The molecular formula is C15H15N. The summed E-state index contributed by atoms with van der Waals surface area (Å²) in [7, 11) is 0. The number of nitrogens with two attached hydrogens (primary N) is 1. The third kappa shape index (κ3) is 1.44. The largest absolute Gasteiger partial charge is 0.324 e. The van der Waals surface area contributed by atoms with Crippen LogP contribution >= 0.6 is 0 Å². The summed E-state index contributed by atoms with van der Waals surface area (Å²) in [6.45, 7) is 0. The maximum absolute atomic E-state index is 6.17. The molecule has 0 amide bonds. The first-order chi connectivity index (χ1) is 7.86. The van der Waals surface area contributed by atoms with E-state index in [1.54, 1.807) is 0 Å². The molecule has 80 valence electrons. The van der Waals surface area contributed by atoms with Crippen LogP contribution in [0.3, 0.4) is 0 Å². The Morgan fingerprint density at radius 1 is 0.812 bits per heavy atom.